The standard InChI is InChI=1S/C18H23N3O.Y/c1-14-7-5-8-15(2)18(14)19-17(22)13-20-11-6-12-21(20)16-9-3-4-10-16;/h5-8,11-12,16H,3-4,9-10,13H2,1-2H3;/p+1. The Kier molecular flexibility index (Phi) is 6.54. The molecule has 0 unspecified atom stereocenters. The number of hydrogen-bond acceptors (Lipinski definition) is 1. The van der Waals surface area contributed by atoms with Crippen molar-refractivity contribution in [3.63, 3.8) is 0 Å². The molecule has 1 aliphatic rings. The molecule has 1 aliphatic carbocycles. The minimum absolute atomic E-state index is 0. The molecule has 0 saturated heterocycles. The summed E-state index contributed by atoms with van der Waals surface area (Å²) < 4.78 is 4.25. The fraction of sp³-hybridized carbons (Fsp3) is 0.444. The smallest absolute Gasteiger partial charge is 0.292 e. The number of amides is 1. The van der Waals surface area contributed by atoms with Gasteiger partial charge in [0.2, 0.25) is 6.54 Å². The molecule has 1 saturated carbocycles. The van der Waals surface area contributed by atoms with Gasteiger partial charge in [-0.25, -0.2) is 0 Å². The summed E-state index contributed by atoms with van der Waals surface area (Å²) in [6.45, 7) is 4.41. The zero-order valence-corrected chi connectivity index (χ0v) is 16.8. The Morgan fingerprint density at radius 3 is 2.52 bits per heavy atom. The number of carbonyl (C=O) groups excluding carboxylic acids is 1. The normalized spacial score (nSPS) is 14.5. The van der Waals surface area contributed by atoms with Gasteiger partial charge in [0.1, 0.15) is 0 Å². The first kappa shape index (κ1) is 18.3. The van der Waals surface area contributed by atoms with E-state index in [1.165, 1.54) is 25.7 Å². The molecule has 0 bridgehead atoms. The van der Waals surface area contributed by atoms with E-state index in [0.717, 1.165) is 16.8 Å². The largest absolute Gasteiger partial charge is 0.320 e. The van der Waals surface area contributed by atoms with E-state index in [1.54, 1.807) is 0 Å². The SMILES string of the molecule is Cc1cccc(C)c1NC(=O)C[n+]1cccn1C1CCCC1.[Y]. The van der Waals surface area contributed by atoms with Crippen LogP contribution in [0.25, 0.3) is 0 Å². The van der Waals surface area contributed by atoms with Crippen molar-refractivity contribution in [2.24, 2.45) is 0 Å². The maximum absolute atomic E-state index is 12.4. The van der Waals surface area contributed by atoms with Crippen molar-refractivity contribution in [1.82, 2.24) is 4.68 Å². The van der Waals surface area contributed by atoms with Gasteiger partial charge >= 0.3 is 0 Å². The monoisotopic (exact) mass is 387 g/mol. The van der Waals surface area contributed by atoms with E-state index in [9.17, 15) is 4.79 Å². The van der Waals surface area contributed by atoms with Crippen LogP contribution in [0.4, 0.5) is 5.69 Å². The van der Waals surface area contributed by atoms with Crippen LogP contribution in [-0.4, -0.2) is 10.6 Å². The number of carbonyl (C=O) groups is 1. The minimum atomic E-state index is 0. The van der Waals surface area contributed by atoms with Gasteiger partial charge in [-0.2, -0.15) is 4.68 Å². The van der Waals surface area contributed by atoms with Crippen molar-refractivity contribution in [3.05, 3.63) is 47.8 Å². The second kappa shape index (κ2) is 8.21. The number of para-hydroxylation sites is 1. The molecule has 2 aromatic rings. The van der Waals surface area contributed by atoms with Crippen LogP contribution in [0.2, 0.25) is 0 Å². The van der Waals surface area contributed by atoms with Crippen LogP contribution in [-0.2, 0) is 44.0 Å². The first-order valence-electron chi connectivity index (χ1n) is 8.08. The molecule has 1 N–H and O–H groups in total. The van der Waals surface area contributed by atoms with E-state index < -0.39 is 0 Å². The Morgan fingerprint density at radius 1 is 1.22 bits per heavy atom. The van der Waals surface area contributed by atoms with Gasteiger partial charge in [0.25, 0.3) is 5.91 Å². The number of hydrogen-bond donors (Lipinski definition) is 1. The number of anilines is 1. The molecule has 4 nitrogen and oxygen atoms in total. The molecule has 1 aromatic carbocycles. The molecule has 1 fully saturated rings. The third-order valence-electron chi connectivity index (χ3n) is 4.54. The number of nitrogens with zero attached hydrogens (tertiary/aromatic N) is 2. The van der Waals surface area contributed by atoms with Crippen LogP contribution < -0.4 is 10.00 Å². The van der Waals surface area contributed by atoms with E-state index in [4.69, 9.17) is 0 Å². The van der Waals surface area contributed by atoms with Gasteiger partial charge in [-0.15, -0.1) is 4.68 Å². The Morgan fingerprint density at radius 2 is 1.87 bits per heavy atom. The molecule has 1 aromatic heterocycles. The van der Waals surface area contributed by atoms with Gasteiger partial charge < -0.3 is 5.32 Å². The van der Waals surface area contributed by atoms with Crippen LogP contribution in [0.1, 0.15) is 42.9 Å². The topological polar surface area (TPSA) is 37.9 Å². The van der Waals surface area contributed by atoms with Crippen molar-refractivity contribution in [2.75, 3.05) is 5.32 Å². The number of nitrogens with one attached hydrogen (secondary N) is 1. The number of benzene rings is 1. The second-order valence-corrected chi connectivity index (χ2v) is 6.22. The minimum Gasteiger partial charge on any atom is -0.320 e. The Labute approximate surface area is 163 Å². The van der Waals surface area contributed by atoms with Crippen molar-refractivity contribution in [3.8, 4) is 0 Å². The van der Waals surface area contributed by atoms with Crippen LogP contribution in [0.3, 0.4) is 0 Å². The molecule has 1 amide bonds. The van der Waals surface area contributed by atoms with Gasteiger partial charge in [0.05, 0.1) is 12.2 Å². The number of aromatic nitrogens is 2. The average Bonchev–Trinajstić information content (AvgIpc) is 3.13. The zero-order valence-electron chi connectivity index (χ0n) is 14.0. The van der Waals surface area contributed by atoms with E-state index in [0.29, 0.717) is 12.6 Å². The third kappa shape index (κ3) is 4.30. The fourth-order valence-electron chi connectivity index (χ4n) is 3.36. The molecule has 1 heterocycles. The first-order chi connectivity index (χ1) is 10.6. The summed E-state index contributed by atoms with van der Waals surface area (Å²) in [6, 6.07) is 8.63. The predicted molar refractivity (Wildman–Crippen MR) is 86.7 cm³/mol. The molecule has 3 rings (SSSR count). The van der Waals surface area contributed by atoms with E-state index in [-0.39, 0.29) is 38.6 Å². The molecule has 23 heavy (non-hydrogen) atoms. The van der Waals surface area contributed by atoms with Crippen molar-refractivity contribution >= 4 is 11.6 Å². The molecule has 0 atom stereocenters. The molecule has 5 heteroatoms. The quantitative estimate of drug-likeness (QED) is 0.805. The Bertz CT molecular complexity index is 654. The summed E-state index contributed by atoms with van der Waals surface area (Å²) >= 11 is 0. The molecule has 0 aliphatic heterocycles. The summed E-state index contributed by atoms with van der Waals surface area (Å²) in [7, 11) is 0. The molecule has 0 spiro atoms. The van der Waals surface area contributed by atoms with Crippen molar-refractivity contribution in [1.29, 1.82) is 0 Å². The van der Waals surface area contributed by atoms with E-state index in [1.807, 2.05) is 49.0 Å². The van der Waals surface area contributed by atoms with Crippen LogP contribution in [0.15, 0.2) is 36.7 Å². The maximum Gasteiger partial charge on any atom is 0.292 e. The van der Waals surface area contributed by atoms with Crippen LogP contribution in [0.5, 0.6) is 0 Å². The molecule has 1 radical (unpaired) electrons. The van der Waals surface area contributed by atoms with E-state index in [2.05, 4.69) is 16.2 Å². The van der Waals surface area contributed by atoms with Crippen LogP contribution in [0, 0.1) is 13.8 Å². The Hall–Kier alpha value is -0.996. The Balaban J connectivity index is 0.00000192. The fourth-order valence-corrected chi connectivity index (χ4v) is 3.36. The van der Waals surface area contributed by atoms with Gasteiger partial charge in [-0.3, -0.25) is 4.79 Å². The predicted octanol–water partition coefficient (Wildman–Crippen LogP) is 3.14. The van der Waals surface area contributed by atoms with Crippen molar-refractivity contribution < 1.29 is 42.2 Å². The van der Waals surface area contributed by atoms with Gasteiger partial charge in [0.15, 0.2) is 6.20 Å². The first-order valence-corrected chi connectivity index (χ1v) is 8.08. The third-order valence-corrected chi connectivity index (χ3v) is 4.54. The summed E-state index contributed by atoms with van der Waals surface area (Å²) in [4.78, 5) is 12.4. The molecular formula is C18H24N3OY+. The van der Waals surface area contributed by atoms with Crippen molar-refractivity contribution in [2.45, 2.75) is 52.1 Å². The van der Waals surface area contributed by atoms with Gasteiger partial charge in [-0.05, 0) is 37.8 Å². The average molecular weight is 387 g/mol. The van der Waals surface area contributed by atoms with Gasteiger partial charge in [0, 0.05) is 44.5 Å². The van der Waals surface area contributed by atoms with E-state index >= 15 is 0 Å². The van der Waals surface area contributed by atoms with Gasteiger partial charge in [-0.1, -0.05) is 31.0 Å². The summed E-state index contributed by atoms with van der Waals surface area (Å²) in [5.41, 5.74) is 3.14. The zero-order chi connectivity index (χ0) is 15.5. The summed E-state index contributed by atoms with van der Waals surface area (Å²) in [5.74, 6) is 0.0281. The summed E-state index contributed by atoms with van der Waals surface area (Å²) in [5, 5.41) is 3.06. The maximum atomic E-state index is 12.4. The number of aryl methyl sites for hydroxylation is 2. The second-order valence-electron chi connectivity index (χ2n) is 6.22. The summed E-state index contributed by atoms with van der Waals surface area (Å²) in [6.07, 6.45) is 9.08. The molecule has 119 valence electrons. The van der Waals surface area contributed by atoms with Crippen LogP contribution >= 0.6 is 0 Å². The molecular weight excluding hydrogens is 363 g/mol. The number of rotatable bonds is 4.